The van der Waals surface area contributed by atoms with Crippen LogP contribution in [0, 0.1) is 6.92 Å². The molecule has 3 rings (SSSR count). The zero-order valence-electron chi connectivity index (χ0n) is 11.7. The predicted molar refractivity (Wildman–Crippen MR) is 80.7 cm³/mol. The lowest BCUT2D eigenvalue weighted by Gasteiger charge is -2.27. The molecular formula is C16H23N3. The van der Waals surface area contributed by atoms with Crippen LogP contribution in [0.5, 0.6) is 0 Å². The van der Waals surface area contributed by atoms with Gasteiger partial charge in [0.1, 0.15) is 0 Å². The molecule has 2 heterocycles. The Bertz CT molecular complexity index is 538. The lowest BCUT2D eigenvalue weighted by Crippen LogP contribution is -2.43. The molecule has 0 spiro atoms. The Labute approximate surface area is 115 Å². The van der Waals surface area contributed by atoms with Gasteiger partial charge in [0.2, 0.25) is 0 Å². The summed E-state index contributed by atoms with van der Waals surface area (Å²) in [4.78, 5) is 5.94. The molecule has 1 aromatic heterocycles. The molecule has 0 bridgehead atoms. The van der Waals surface area contributed by atoms with E-state index in [1.165, 1.54) is 54.6 Å². The molecule has 0 radical (unpaired) electrons. The smallest absolute Gasteiger partial charge is 0.0456 e. The highest BCUT2D eigenvalue weighted by Crippen LogP contribution is 2.17. The number of fused-ring (bicyclic) bond motifs is 1. The van der Waals surface area contributed by atoms with Crippen molar-refractivity contribution in [3.05, 3.63) is 35.5 Å². The number of nitrogens with one attached hydrogen (secondary N) is 2. The van der Waals surface area contributed by atoms with Gasteiger partial charge in [-0.3, -0.25) is 0 Å². The van der Waals surface area contributed by atoms with Gasteiger partial charge >= 0.3 is 0 Å². The molecule has 0 saturated carbocycles. The van der Waals surface area contributed by atoms with E-state index in [-0.39, 0.29) is 0 Å². The molecule has 102 valence electrons. The molecule has 3 heteroatoms. The Morgan fingerprint density at radius 3 is 2.84 bits per heavy atom. The van der Waals surface area contributed by atoms with Gasteiger partial charge in [-0.2, -0.15) is 0 Å². The van der Waals surface area contributed by atoms with E-state index in [2.05, 4.69) is 46.4 Å². The summed E-state index contributed by atoms with van der Waals surface area (Å²) in [6, 6.07) is 9.03. The second kappa shape index (κ2) is 5.76. The molecule has 2 aromatic rings. The minimum atomic E-state index is 1.15. The molecule has 3 nitrogen and oxygen atoms in total. The first kappa shape index (κ1) is 12.7. The number of piperazine rings is 1. The molecule has 0 unspecified atom stereocenters. The van der Waals surface area contributed by atoms with E-state index in [1.54, 1.807) is 0 Å². The largest absolute Gasteiger partial charge is 0.359 e. The van der Waals surface area contributed by atoms with Gasteiger partial charge in [0.25, 0.3) is 0 Å². The summed E-state index contributed by atoms with van der Waals surface area (Å²) in [6.07, 6.45) is 2.44. The van der Waals surface area contributed by atoms with E-state index in [9.17, 15) is 0 Å². The Hall–Kier alpha value is -1.32. The fourth-order valence-corrected chi connectivity index (χ4v) is 2.92. The lowest BCUT2D eigenvalue weighted by molar-refractivity contribution is 0.238. The average Bonchev–Trinajstić information content (AvgIpc) is 2.79. The third kappa shape index (κ3) is 3.17. The van der Waals surface area contributed by atoms with Crippen molar-refractivity contribution in [2.24, 2.45) is 0 Å². The lowest BCUT2D eigenvalue weighted by atomic mass is 10.1. The quantitative estimate of drug-likeness (QED) is 0.880. The van der Waals surface area contributed by atoms with Crippen molar-refractivity contribution in [1.29, 1.82) is 0 Å². The number of nitrogens with zero attached hydrogens (tertiary/aromatic N) is 1. The Morgan fingerprint density at radius 2 is 2.00 bits per heavy atom. The average molecular weight is 257 g/mol. The number of rotatable bonds is 4. The third-order valence-corrected chi connectivity index (χ3v) is 3.97. The standard InChI is InChI=1S/C16H23N3/c1-13-11-15-12-14(4-5-16(15)18-13)3-2-8-19-9-6-17-7-10-19/h4-5,11-12,17-18H,2-3,6-10H2,1H3. The summed E-state index contributed by atoms with van der Waals surface area (Å²) in [7, 11) is 0. The van der Waals surface area contributed by atoms with Crippen LogP contribution in [0.1, 0.15) is 17.7 Å². The second-order valence-corrected chi connectivity index (χ2v) is 5.57. The van der Waals surface area contributed by atoms with Crippen molar-refractivity contribution in [2.45, 2.75) is 19.8 Å². The van der Waals surface area contributed by atoms with Gasteiger partial charge in [0.05, 0.1) is 0 Å². The molecule has 2 N–H and O–H groups in total. The minimum absolute atomic E-state index is 1.15. The zero-order chi connectivity index (χ0) is 13.1. The number of hydrogen-bond acceptors (Lipinski definition) is 2. The number of aryl methyl sites for hydroxylation is 2. The fourth-order valence-electron chi connectivity index (χ4n) is 2.92. The van der Waals surface area contributed by atoms with Crippen LogP contribution < -0.4 is 5.32 Å². The van der Waals surface area contributed by atoms with Crippen molar-refractivity contribution in [1.82, 2.24) is 15.2 Å². The molecule has 1 fully saturated rings. The van der Waals surface area contributed by atoms with E-state index in [0.29, 0.717) is 0 Å². The van der Waals surface area contributed by atoms with Gasteiger partial charge in [-0.25, -0.2) is 0 Å². The topological polar surface area (TPSA) is 31.1 Å². The number of aromatic nitrogens is 1. The van der Waals surface area contributed by atoms with Crippen molar-refractivity contribution >= 4 is 10.9 Å². The number of benzene rings is 1. The first-order valence-electron chi connectivity index (χ1n) is 7.32. The van der Waals surface area contributed by atoms with Gasteiger partial charge < -0.3 is 15.2 Å². The van der Waals surface area contributed by atoms with Crippen molar-refractivity contribution in [2.75, 3.05) is 32.7 Å². The molecule has 1 aromatic carbocycles. The van der Waals surface area contributed by atoms with Crippen molar-refractivity contribution < 1.29 is 0 Å². The van der Waals surface area contributed by atoms with Crippen LogP contribution in [0.2, 0.25) is 0 Å². The maximum Gasteiger partial charge on any atom is 0.0456 e. The van der Waals surface area contributed by atoms with Crippen LogP contribution in [0.15, 0.2) is 24.3 Å². The summed E-state index contributed by atoms with van der Waals surface area (Å²) in [6.45, 7) is 8.05. The van der Waals surface area contributed by atoms with E-state index in [4.69, 9.17) is 0 Å². The normalized spacial score (nSPS) is 17.1. The SMILES string of the molecule is Cc1cc2cc(CCCN3CCNCC3)ccc2[nH]1. The highest BCUT2D eigenvalue weighted by atomic mass is 15.2. The van der Waals surface area contributed by atoms with Gasteiger partial charge in [0, 0.05) is 37.4 Å². The maximum absolute atomic E-state index is 3.40. The minimum Gasteiger partial charge on any atom is -0.359 e. The first-order valence-corrected chi connectivity index (χ1v) is 7.32. The first-order chi connectivity index (χ1) is 9.31. The molecule has 1 aliphatic heterocycles. The van der Waals surface area contributed by atoms with E-state index in [1.807, 2.05) is 0 Å². The number of aromatic amines is 1. The summed E-state index contributed by atoms with van der Waals surface area (Å²) in [5.41, 5.74) is 3.96. The number of H-pyrrole nitrogens is 1. The molecule has 0 atom stereocenters. The van der Waals surface area contributed by atoms with Gasteiger partial charge in [-0.1, -0.05) is 6.07 Å². The molecule has 0 amide bonds. The van der Waals surface area contributed by atoms with Crippen molar-refractivity contribution in [3.8, 4) is 0 Å². The summed E-state index contributed by atoms with van der Waals surface area (Å²) in [5.74, 6) is 0. The second-order valence-electron chi connectivity index (χ2n) is 5.57. The van der Waals surface area contributed by atoms with Crippen LogP contribution in [0.3, 0.4) is 0 Å². The number of hydrogen-bond donors (Lipinski definition) is 2. The van der Waals surface area contributed by atoms with E-state index < -0.39 is 0 Å². The predicted octanol–water partition coefficient (Wildman–Crippen LogP) is 2.31. The van der Waals surface area contributed by atoms with Gasteiger partial charge in [-0.15, -0.1) is 0 Å². The van der Waals surface area contributed by atoms with Crippen LogP contribution in [-0.2, 0) is 6.42 Å². The highest BCUT2D eigenvalue weighted by Gasteiger charge is 2.08. The van der Waals surface area contributed by atoms with Gasteiger partial charge in [-0.05, 0) is 55.5 Å². The van der Waals surface area contributed by atoms with Crippen LogP contribution in [0.4, 0.5) is 0 Å². The molecule has 1 saturated heterocycles. The third-order valence-electron chi connectivity index (χ3n) is 3.97. The van der Waals surface area contributed by atoms with Crippen LogP contribution in [0.25, 0.3) is 10.9 Å². The maximum atomic E-state index is 3.40. The van der Waals surface area contributed by atoms with E-state index in [0.717, 1.165) is 13.1 Å². The van der Waals surface area contributed by atoms with Crippen LogP contribution >= 0.6 is 0 Å². The van der Waals surface area contributed by atoms with Gasteiger partial charge in [0.15, 0.2) is 0 Å². The molecule has 0 aliphatic carbocycles. The van der Waals surface area contributed by atoms with E-state index >= 15 is 0 Å². The van der Waals surface area contributed by atoms with Crippen molar-refractivity contribution in [3.63, 3.8) is 0 Å². The molecule has 19 heavy (non-hydrogen) atoms. The molecule has 1 aliphatic rings. The Morgan fingerprint density at radius 1 is 1.16 bits per heavy atom. The fraction of sp³-hybridized carbons (Fsp3) is 0.500. The monoisotopic (exact) mass is 257 g/mol. The highest BCUT2D eigenvalue weighted by molar-refractivity contribution is 5.81. The Kier molecular flexibility index (Phi) is 3.85. The molecular weight excluding hydrogens is 234 g/mol. The Balaban J connectivity index is 1.55. The summed E-state index contributed by atoms with van der Waals surface area (Å²) < 4.78 is 0. The summed E-state index contributed by atoms with van der Waals surface area (Å²) in [5, 5.41) is 4.74. The van der Waals surface area contributed by atoms with Crippen LogP contribution in [-0.4, -0.2) is 42.6 Å². The summed E-state index contributed by atoms with van der Waals surface area (Å²) >= 11 is 0. The zero-order valence-corrected chi connectivity index (χ0v) is 11.7.